The number of aromatic hydroxyl groups is 2. The summed E-state index contributed by atoms with van der Waals surface area (Å²) in [4.78, 5) is 15.5. The Kier molecular flexibility index (Phi) is 2.86. The van der Waals surface area contributed by atoms with Crippen molar-refractivity contribution in [3.8, 4) is 23.0 Å². The lowest BCUT2D eigenvalue weighted by molar-refractivity contribution is 0.377. The predicted octanol–water partition coefficient (Wildman–Crippen LogP) is 2.11. The molecule has 3 aromatic rings. The Balaban J connectivity index is 2.55. The van der Waals surface area contributed by atoms with E-state index in [0.29, 0.717) is 22.2 Å². The fourth-order valence-electron chi connectivity index (χ4n) is 2.42. The van der Waals surface area contributed by atoms with E-state index in [0.717, 1.165) is 0 Å². The molecule has 0 fully saturated rings. The molecule has 6 heteroatoms. The lowest BCUT2D eigenvalue weighted by Gasteiger charge is -2.10. The zero-order valence-electron chi connectivity index (χ0n) is 11.4. The normalized spacial score (nSPS) is 11.0. The summed E-state index contributed by atoms with van der Waals surface area (Å²) in [7, 11) is 2.87. The third kappa shape index (κ3) is 1.84. The number of benzene rings is 2. The maximum absolute atomic E-state index is 12.5. The van der Waals surface area contributed by atoms with Gasteiger partial charge < -0.3 is 24.7 Å². The monoisotopic (exact) mass is 287 g/mol. The van der Waals surface area contributed by atoms with Gasteiger partial charge in [0.25, 0.3) is 0 Å². The summed E-state index contributed by atoms with van der Waals surface area (Å²) in [5.74, 6) is 0.342. The number of nitrogens with one attached hydrogen (secondary N) is 1. The Morgan fingerprint density at radius 3 is 2.48 bits per heavy atom. The van der Waals surface area contributed by atoms with E-state index in [1.165, 1.54) is 32.4 Å². The number of rotatable bonds is 2. The Bertz CT molecular complexity index is 913. The number of H-pyrrole nitrogens is 1. The van der Waals surface area contributed by atoms with Crippen molar-refractivity contribution in [3.05, 3.63) is 34.5 Å². The molecule has 1 heterocycles. The van der Waals surface area contributed by atoms with Crippen LogP contribution < -0.4 is 14.9 Å². The largest absolute Gasteiger partial charge is 0.507 e. The topological polar surface area (TPSA) is 91.8 Å². The van der Waals surface area contributed by atoms with Crippen molar-refractivity contribution in [3.63, 3.8) is 0 Å². The van der Waals surface area contributed by atoms with Crippen LogP contribution in [0, 0.1) is 0 Å². The van der Waals surface area contributed by atoms with Crippen LogP contribution in [0.1, 0.15) is 0 Å². The van der Waals surface area contributed by atoms with Gasteiger partial charge in [-0.2, -0.15) is 0 Å². The zero-order chi connectivity index (χ0) is 15.1. The van der Waals surface area contributed by atoms with Crippen LogP contribution in [0.25, 0.3) is 21.8 Å². The van der Waals surface area contributed by atoms with E-state index in [2.05, 4.69) is 4.98 Å². The van der Waals surface area contributed by atoms with Crippen LogP contribution in [0.3, 0.4) is 0 Å². The molecule has 0 aliphatic carbocycles. The fourth-order valence-corrected chi connectivity index (χ4v) is 2.42. The highest BCUT2D eigenvalue weighted by molar-refractivity contribution is 5.99. The molecule has 108 valence electrons. The van der Waals surface area contributed by atoms with Crippen molar-refractivity contribution in [1.82, 2.24) is 4.98 Å². The van der Waals surface area contributed by atoms with Gasteiger partial charge in [0, 0.05) is 12.1 Å². The lowest BCUT2D eigenvalue weighted by Crippen LogP contribution is -2.05. The van der Waals surface area contributed by atoms with E-state index in [1.54, 1.807) is 6.07 Å². The quantitative estimate of drug-likeness (QED) is 0.628. The number of phenols is 2. The van der Waals surface area contributed by atoms with Gasteiger partial charge in [-0.05, 0) is 12.1 Å². The highest BCUT2D eigenvalue weighted by Gasteiger charge is 2.15. The molecule has 2 aromatic carbocycles. The van der Waals surface area contributed by atoms with Crippen molar-refractivity contribution in [1.29, 1.82) is 0 Å². The van der Waals surface area contributed by atoms with Gasteiger partial charge in [-0.15, -0.1) is 0 Å². The molecule has 3 N–H and O–H groups in total. The number of pyridine rings is 1. The number of phenolic OH excluding ortho intramolecular Hbond substituents is 2. The van der Waals surface area contributed by atoms with Gasteiger partial charge in [0.15, 0.2) is 11.5 Å². The fraction of sp³-hybridized carbons (Fsp3) is 0.133. The number of aromatic amines is 1. The Morgan fingerprint density at radius 1 is 1.05 bits per heavy atom. The second kappa shape index (κ2) is 4.59. The molecule has 0 bridgehead atoms. The molecule has 0 radical (unpaired) electrons. The van der Waals surface area contributed by atoms with E-state index in [1.807, 2.05) is 0 Å². The first-order valence-corrected chi connectivity index (χ1v) is 6.19. The molecule has 21 heavy (non-hydrogen) atoms. The van der Waals surface area contributed by atoms with E-state index < -0.39 is 0 Å². The SMILES string of the molecule is COc1cc(O)c2c(=O)c3ccc(O)c(OC)c3[nH]c2c1. The minimum absolute atomic E-state index is 0.0767. The Hall–Kier alpha value is -2.89. The second-order valence-electron chi connectivity index (χ2n) is 4.56. The Labute approximate surface area is 119 Å². The van der Waals surface area contributed by atoms with Crippen LogP contribution in [0.15, 0.2) is 29.1 Å². The molecule has 0 aliphatic heterocycles. The first-order chi connectivity index (χ1) is 10.1. The molecule has 0 spiro atoms. The standard InChI is InChI=1S/C15H13NO5/c1-20-7-5-9-12(11(18)6-7)14(19)8-3-4-10(17)15(21-2)13(8)16-9/h3-6,17-18H,1-2H3,(H,16,19). The summed E-state index contributed by atoms with van der Waals surface area (Å²) in [6.07, 6.45) is 0. The lowest BCUT2D eigenvalue weighted by atomic mass is 10.1. The van der Waals surface area contributed by atoms with Gasteiger partial charge in [0.1, 0.15) is 11.5 Å². The van der Waals surface area contributed by atoms with Crippen LogP contribution in [0.4, 0.5) is 0 Å². The minimum atomic E-state index is -0.350. The van der Waals surface area contributed by atoms with Crippen molar-refractivity contribution >= 4 is 21.8 Å². The molecule has 0 saturated heterocycles. The molecular weight excluding hydrogens is 274 g/mol. The molecule has 0 amide bonds. The average molecular weight is 287 g/mol. The van der Waals surface area contributed by atoms with Crippen molar-refractivity contribution in [2.24, 2.45) is 0 Å². The van der Waals surface area contributed by atoms with Crippen molar-refractivity contribution in [2.75, 3.05) is 14.2 Å². The first-order valence-electron chi connectivity index (χ1n) is 6.19. The van der Waals surface area contributed by atoms with Gasteiger partial charge >= 0.3 is 0 Å². The molecule has 0 saturated carbocycles. The van der Waals surface area contributed by atoms with Gasteiger partial charge in [-0.1, -0.05) is 0 Å². The van der Waals surface area contributed by atoms with E-state index >= 15 is 0 Å². The van der Waals surface area contributed by atoms with Crippen LogP contribution >= 0.6 is 0 Å². The smallest absolute Gasteiger partial charge is 0.201 e. The summed E-state index contributed by atoms with van der Waals surface area (Å²) >= 11 is 0. The zero-order valence-corrected chi connectivity index (χ0v) is 11.4. The third-order valence-electron chi connectivity index (χ3n) is 3.40. The molecule has 0 aliphatic rings. The molecular formula is C15H13NO5. The summed E-state index contributed by atoms with van der Waals surface area (Å²) < 4.78 is 10.2. The summed E-state index contributed by atoms with van der Waals surface area (Å²) in [6.45, 7) is 0. The number of fused-ring (bicyclic) bond motifs is 2. The van der Waals surface area contributed by atoms with Crippen molar-refractivity contribution in [2.45, 2.75) is 0 Å². The molecule has 1 aromatic heterocycles. The minimum Gasteiger partial charge on any atom is -0.507 e. The van der Waals surface area contributed by atoms with E-state index in [9.17, 15) is 15.0 Å². The number of aromatic nitrogens is 1. The van der Waals surface area contributed by atoms with Crippen LogP contribution in [-0.4, -0.2) is 29.4 Å². The highest BCUT2D eigenvalue weighted by Crippen LogP contribution is 2.35. The van der Waals surface area contributed by atoms with Crippen LogP contribution in [0.2, 0.25) is 0 Å². The van der Waals surface area contributed by atoms with Gasteiger partial charge in [0.05, 0.1) is 36.0 Å². The molecule has 0 unspecified atom stereocenters. The van der Waals surface area contributed by atoms with Gasteiger partial charge in [-0.25, -0.2) is 0 Å². The first kappa shape index (κ1) is 13.1. The van der Waals surface area contributed by atoms with E-state index in [4.69, 9.17) is 9.47 Å². The summed E-state index contributed by atoms with van der Waals surface area (Å²) in [6, 6.07) is 5.83. The number of hydrogen-bond donors (Lipinski definition) is 3. The van der Waals surface area contributed by atoms with Gasteiger partial charge in [0.2, 0.25) is 5.43 Å². The molecule has 0 atom stereocenters. The Morgan fingerprint density at radius 2 is 1.81 bits per heavy atom. The molecule has 3 rings (SSSR count). The van der Waals surface area contributed by atoms with E-state index in [-0.39, 0.29) is 28.1 Å². The van der Waals surface area contributed by atoms with Crippen molar-refractivity contribution < 1.29 is 19.7 Å². The highest BCUT2D eigenvalue weighted by atomic mass is 16.5. The third-order valence-corrected chi connectivity index (χ3v) is 3.40. The van der Waals surface area contributed by atoms with Gasteiger partial charge in [-0.3, -0.25) is 4.79 Å². The van der Waals surface area contributed by atoms with Crippen LogP contribution in [0.5, 0.6) is 23.0 Å². The number of hydrogen-bond acceptors (Lipinski definition) is 5. The number of methoxy groups -OCH3 is 2. The summed E-state index contributed by atoms with van der Waals surface area (Å²) in [5.41, 5.74) is 0.410. The van der Waals surface area contributed by atoms with Crippen LogP contribution in [-0.2, 0) is 0 Å². The maximum atomic E-state index is 12.5. The average Bonchev–Trinajstić information content (AvgIpc) is 2.46. The summed E-state index contributed by atoms with van der Waals surface area (Å²) in [5, 5.41) is 20.3. The second-order valence-corrected chi connectivity index (χ2v) is 4.56. The number of ether oxygens (including phenoxy) is 2. The maximum Gasteiger partial charge on any atom is 0.201 e. The molecule has 6 nitrogen and oxygen atoms in total. The predicted molar refractivity (Wildman–Crippen MR) is 78.5 cm³/mol.